The van der Waals surface area contributed by atoms with Gasteiger partial charge < -0.3 is 15.1 Å². The van der Waals surface area contributed by atoms with Crippen LogP contribution in [0.5, 0.6) is 0 Å². The molecule has 1 fully saturated rings. The third kappa shape index (κ3) is 4.82. The van der Waals surface area contributed by atoms with Crippen molar-refractivity contribution in [2.24, 2.45) is 5.92 Å². The molecule has 0 saturated carbocycles. The maximum atomic E-state index is 12.2. The zero-order valence-electron chi connectivity index (χ0n) is 13.6. The molecule has 8 nitrogen and oxygen atoms in total. The molecule has 1 unspecified atom stereocenters. The van der Waals surface area contributed by atoms with Crippen LogP contribution in [-0.2, 0) is 24.0 Å². The van der Waals surface area contributed by atoms with Gasteiger partial charge in [0.2, 0.25) is 5.91 Å². The number of hydroxylamine groups is 2. The standard InChI is InChI=1S/C13H21N3O5/c1-8(2)12(14-9(17)7-15(3)4)13(20)21-16-10(18)5-6-11(16)19/h8,12H,5-7H2,1-4H3,(H,14,17)/i9+1,12D,14+1,15+1,17+2. The average Bonchev–Trinajstić information content (AvgIpc) is 2.68. The van der Waals surface area contributed by atoms with Crippen LogP contribution in [0.25, 0.3) is 0 Å². The van der Waals surface area contributed by atoms with Gasteiger partial charge in [-0.1, -0.05) is 13.8 Å². The molecule has 0 spiro atoms. The Balaban J connectivity index is 2.84. The second-order valence-electron chi connectivity index (χ2n) is 5.31. The largest absolute Gasteiger partial charge is 0.355 e. The lowest BCUT2D eigenvalue weighted by atomic mass is 10.1. The molecule has 1 atom stereocenters. The minimum atomic E-state index is -2.09. The van der Waals surface area contributed by atoms with E-state index in [2.05, 4.69) is 5.32 Å². The molecule has 118 valence electrons. The lowest BCUT2D eigenvalue weighted by Crippen LogP contribution is -2.50. The normalized spacial score (nSPS) is 18.8. The number of likely N-dealkylation sites (N-methyl/N-ethyl adjacent to an activating group) is 1. The van der Waals surface area contributed by atoms with Gasteiger partial charge in [0.25, 0.3) is 11.8 Å². The van der Waals surface area contributed by atoms with Crippen molar-refractivity contribution in [2.75, 3.05) is 20.6 Å². The van der Waals surface area contributed by atoms with Crippen LogP contribution < -0.4 is 5.32 Å². The van der Waals surface area contributed by atoms with Gasteiger partial charge >= 0.3 is 5.97 Å². The molecule has 1 aliphatic rings. The first-order valence-electron chi connectivity index (χ1n) is 7.12. The van der Waals surface area contributed by atoms with Crippen LogP contribution in [0.3, 0.4) is 0 Å². The third-order valence-electron chi connectivity index (χ3n) is 2.71. The third-order valence-corrected chi connectivity index (χ3v) is 2.71. The summed E-state index contributed by atoms with van der Waals surface area (Å²) >= 11 is 0. The van der Waals surface area contributed by atoms with Gasteiger partial charge in [-0.3, -0.25) is 14.4 Å². The van der Waals surface area contributed by atoms with Crippen LogP contribution in [0.2, 0.25) is 0 Å². The van der Waals surface area contributed by atoms with Crippen LogP contribution in [0, 0.1) is 5.92 Å². The minimum absolute atomic E-state index is 0.0117. The van der Waals surface area contributed by atoms with Crippen LogP contribution in [-0.4, -0.2) is 60.3 Å². The zero-order valence-corrected chi connectivity index (χ0v) is 12.6. The van der Waals surface area contributed by atoms with E-state index in [1.54, 1.807) is 32.8 Å². The Morgan fingerprint density at radius 1 is 1.43 bits per heavy atom. The molecular weight excluding hydrogens is 283 g/mol. The van der Waals surface area contributed by atoms with Crippen molar-refractivity contribution in [1.29, 1.82) is 0 Å². The highest BCUT2D eigenvalue weighted by molar-refractivity contribution is 6.02. The Labute approximate surface area is 124 Å². The highest BCUT2D eigenvalue weighted by atomic mass is 18.1. The number of nitrogens with one attached hydrogen (secondary N) is 1. The van der Waals surface area contributed by atoms with Crippen molar-refractivity contribution in [1.82, 2.24) is 15.3 Å². The Morgan fingerprint density at radius 2 is 1.95 bits per heavy atom. The van der Waals surface area contributed by atoms with Crippen molar-refractivity contribution in [3.63, 3.8) is 0 Å². The summed E-state index contributed by atoms with van der Waals surface area (Å²) < 4.78 is 8.18. The molecule has 8 heteroatoms. The van der Waals surface area contributed by atoms with Gasteiger partial charge in [0, 0.05) is 12.8 Å². The fourth-order valence-corrected chi connectivity index (χ4v) is 1.70. The van der Waals surface area contributed by atoms with Crippen LogP contribution in [0.15, 0.2) is 0 Å². The molecular formula is C13H21N3O5. The smallest absolute Gasteiger partial charge is 0.341 e. The van der Waals surface area contributed by atoms with E-state index in [0.29, 0.717) is 5.06 Å². The van der Waals surface area contributed by atoms with E-state index in [0.717, 1.165) is 0 Å². The Bertz CT molecular complexity index is 478. The minimum Gasteiger partial charge on any atom is -0.341 e. The number of hydrogen-bond donors (Lipinski definition) is 1. The summed E-state index contributed by atoms with van der Waals surface area (Å²) in [5.74, 6) is -3.60. The molecule has 1 rings (SSSR count). The van der Waals surface area contributed by atoms with Crippen LogP contribution in [0.4, 0.5) is 0 Å². The Hall–Kier alpha value is -1.96. The number of carbonyl (C=O) groups is 4. The quantitative estimate of drug-likeness (QED) is 0.302. The van der Waals surface area contributed by atoms with E-state index in [1.807, 2.05) is 0 Å². The number of carbonyl (C=O) groups excluding carboxylic acids is 4. The molecule has 0 radical (unpaired) electrons. The predicted molar refractivity (Wildman–Crippen MR) is 72.5 cm³/mol. The second-order valence-corrected chi connectivity index (χ2v) is 5.31. The van der Waals surface area contributed by atoms with Gasteiger partial charge in [0.15, 0.2) is 0 Å². The number of rotatable bonds is 6. The first kappa shape index (κ1) is 15.4. The van der Waals surface area contributed by atoms with Crippen molar-refractivity contribution in [2.45, 2.75) is 32.7 Å². The highest BCUT2D eigenvalue weighted by Crippen LogP contribution is 2.14. The first-order valence-corrected chi connectivity index (χ1v) is 6.62. The summed E-state index contributed by atoms with van der Waals surface area (Å²) in [6, 6.07) is -2.09. The molecule has 1 heterocycles. The molecule has 0 bridgehead atoms. The summed E-state index contributed by atoms with van der Waals surface area (Å²) in [7, 11) is 3.33. The Morgan fingerprint density at radius 3 is 2.38 bits per heavy atom. The van der Waals surface area contributed by atoms with Crippen molar-refractivity contribution in [3.8, 4) is 0 Å². The summed E-state index contributed by atoms with van der Waals surface area (Å²) in [5, 5.41) is 2.66. The molecule has 0 aliphatic carbocycles. The maximum absolute atomic E-state index is 12.2. The monoisotopic (exact) mass is 305 g/mol. The summed E-state index contributed by atoms with van der Waals surface area (Å²) in [6.07, 6.45) is -0.0719. The molecule has 21 heavy (non-hydrogen) atoms. The number of nitrogens with zero attached hydrogens (tertiary/aromatic N) is 2. The summed E-state index contributed by atoms with van der Waals surface area (Å²) in [4.78, 5) is 53.2. The predicted octanol–water partition coefficient (Wildman–Crippen LogP) is -0.704. The molecule has 0 aromatic rings. The summed E-state index contributed by atoms with van der Waals surface area (Å²) in [5.41, 5.74) is 0. The number of imide groups is 1. The van der Waals surface area contributed by atoms with Crippen LogP contribution in [0.1, 0.15) is 28.1 Å². The molecule has 3 amide bonds. The number of hydrogen-bond acceptors (Lipinski definition) is 6. The number of amides is 3. The average molecular weight is 305 g/mol. The Kier molecular flexibility index (Phi) is 5.26. The van der Waals surface area contributed by atoms with Gasteiger partial charge in [0.05, 0.1) is 7.92 Å². The van der Waals surface area contributed by atoms with E-state index >= 15 is 0 Å². The van der Waals surface area contributed by atoms with E-state index in [4.69, 9.17) is 6.21 Å². The van der Waals surface area contributed by atoms with Gasteiger partial charge in [-0.15, -0.1) is 5.06 Å². The molecule has 1 aliphatic heterocycles. The first-order chi connectivity index (χ1) is 10.1. The SMILES string of the molecule is [2H]C([15NH][13C](=[18O])C[15N](C)C)(C(=O)ON1C(=O)CCC1=O)C(C)C. The van der Waals surface area contributed by atoms with E-state index in [9.17, 15) is 19.2 Å². The van der Waals surface area contributed by atoms with E-state index < -0.39 is 35.6 Å². The lowest BCUT2D eigenvalue weighted by molar-refractivity contribution is -0.199. The fourth-order valence-electron chi connectivity index (χ4n) is 1.70. The zero-order chi connectivity index (χ0) is 17.1. The van der Waals surface area contributed by atoms with Crippen molar-refractivity contribution in [3.05, 3.63) is 0 Å². The molecule has 1 saturated heterocycles. The maximum Gasteiger partial charge on any atom is 0.355 e. The van der Waals surface area contributed by atoms with Gasteiger partial charge in [0.1, 0.15) is 6.02 Å². The van der Waals surface area contributed by atoms with Crippen LogP contribution >= 0.6 is 0 Å². The molecule has 0 aromatic carbocycles. The second kappa shape index (κ2) is 7.16. The van der Waals surface area contributed by atoms with E-state index in [1.165, 1.54) is 0 Å². The van der Waals surface area contributed by atoms with Crippen molar-refractivity contribution < 1.29 is 25.4 Å². The van der Waals surface area contributed by atoms with E-state index in [-0.39, 0.29) is 19.4 Å². The fraction of sp³-hybridized carbons (Fsp3) is 0.692. The van der Waals surface area contributed by atoms with Gasteiger partial charge in [-0.05, 0) is 20.0 Å². The van der Waals surface area contributed by atoms with Crippen molar-refractivity contribution >= 4 is 23.7 Å². The van der Waals surface area contributed by atoms with Gasteiger partial charge in [-0.25, -0.2) is 4.79 Å². The topological polar surface area (TPSA) is 96.0 Å². The molecule has 1 N–H and O–H groups in total. The highest BCUT2D eigenvalue weighted by Gasteiger charge is 2.36. The summed E-state index contributed by atoms with van der Waals surface area (Å²) in [6.45, 7) is 3.10. The molecule has 0 aromatic heterocycles. The van der Waals surface area contributed by atoms with Gasteiger partial charge in [-0.2, -0.15) is 0 Å². The lowest BCUT2D eigenvalue weighted by Gasteiger charge is -2.23.